The third-order valence-corrected chi connectivity index (χ3v) is 4.97. The van der Waals surface area contributed by atoms with E-state index in [-0.39, 0.29) is 5.41 Å². The molecule has 0 aromatic heterocycles. The zero-order chi connectivity index (χ0) is 16.5. The number of hydrogen-bond acceptors (Lipinski definition) is 2. The Morgan fingerprint density at radius 2 is 1.77 bits per heavy atom. The van der Waals surface area contributed by atoms with Gasteiger partial charge in [0.25, 0.3) is 0 Å². The largest absolute Gasteiger partial charge is 0.496 e. The molecule has 1 saturated carbocycles. The van der Waals surface area contributed by atoms with Gasteiger partial charge >= 0.3 is 5.97 Å². The van der Waals surface area contributed by atoms with Gasteiger partial charge in [-0.05, 0) is 36.3 Å². The number of ether oxygens (including phenoxy) is 1. The van der Waals surface area contributed by atoms with Crippen LogP contribution in [0.3, 0.4) is 0 Å². The molecule has 22 heavy (non-hydrogen) atoms. The first-order chi connectivity index (χ1) is 10.2. The first-order valence-corrected chi connectivity index (χ1v) is 8.16. The van der Waals surface area contributed by atoms with Crippen LogP contribution in [0.25, 0.3) is 0 Å². The predicted molar refractivity (Wildman–Crippen MR) is 88.8 cm³/mol. The van der Waals surface area contributed by atoms with Gasteiger partial charge in [0.15, 0.2) is 0 Å². The van der Waals surface area contributed by atoms with E-state index in [1.54, 1.807) is 7.11 Å². The average molecular weight is 304 g/mol. The maximum Gasteiger partial charge on any atom is 0.314 e. The lowest BCUT2D eigenvalue weighted by atomic mass is 9.66. The van der Waals surface area contributed by atoms with Gasteiger partial charge in [0.1, 0.15) is 5.75 Å². The van der Waals surface area contributed by atoms with E-state index in [1.165, 1.54) is 0 Å². The molecular weight excluding hydrogens is 276 g/mol. The Kier molecular flexibility index (Phi) is 4.55. The second kappa shape index (κ2) is 5.94. The molecule has 1 aliphatic carbocycles. The van der Waals surface area contributed by atoms with Crippen LogP contribution in [0.4, 0.5) is 0 Å². The number of rotatable bonds is 3. The van der Waals surface area contributed by atoms with Crippen molar-refractivity contribution in [3.63, 3.8) is 0 Å². The van der Waals surface area contributed by atoms with E-state index in [0.717, 1.165) is 41.7 Å². The SMILES string of the molecule is COc1c(C(C)(C)C)ccc(C)c1C1(C(=O)O)CCCCC1. The molecule has 0 spiro atoms. The lowest BCUT2D eigenvalue weighted by molar-refractivity contribution is -0.145. The van der Waals surface area contributed by atoms with Crippen molar-refractivity contribution in [3.05, 3.63) is 28.8 Å². The Hall–Kier alpha value is -1.51. The van der Waals surface area contributed by atoms with Crippen LogP contribution < -0.4 is 4.74 Å². The van der Waals surface area contributed by atoms with Gasteiger partial charge in [0.05, 0.1) is 12.5 Å². The number of aliphatic carboxylic acids is 1. The molecule has 0 heterocycles. The number of aryl methyl sites for hydroxylation is 1. The topological polar surface area (TPSA) is 46.5 Å². The fraction of sp³-hybridized carbons (Fsp3) is 0.632. The maximum atomic E-state index is 12.2. The molecule has 2 rings (SSSR count). The summed E-state index contributed by atoms with van der Waals surface area (Å²) in [5.41, 5.74) is 2.13. The van der Waals surface area contributed by atoms with Crippen LogP contribution in [0.1, 0.15) is 69.6 Å². The van der Waals surface area contributed by atoms with Crippen LogP contribution in [-0.2, 0) is 15.6 Å². The van der Waals surface area contributed by atoms with Gasteiger partial charge < -0.3 is 9.84 Å². The molecule has 0 radical (unpaired) electrons. The van der Waals surface area contributed by atoms with Crippen molar-refractivity contribution in [3.8, 4) is 5.75 Å². The lowest BCUT2D eigenvalue weighted by Gasteiger charge is -2.37. The zero-order valence-corrected chi connectivity index (χ0v) is 14.5. The van der Waals surface area contributed by atoms with Gasteiger partial charge in [-0.25, -0.2) is 0 Å². The molecule has 0 atom stereocenters. The molecule has 0 unspecified atom stereocenters. The Bertz CT molecular complexity index is 561. The number of benzene rings is 1. The monoisotopic (exact) mass is 304 g/mol. The van der Waals surface area contributed by atoms with E-state index >= 15 is 0 Å². The summed E-state index contributed by atoms with van der Waals surface area (Å²) in [6.45, 7) is 8.42. The molecule has 1 aromatic carbocycles. The summed E-state index contributed by atoms with van der Waals surface area (Å²) in [6, 6.07) is 4.13. The number of carboxylic acids is 1. The molecule has 3 nitrogen and oxygen atoms in total. The fourth-order valence-corrected chi connectivity index (χ4v) is 3.80. The van der Waals surface area contributed by atoms with E-state index < -0.39 is 11.4 Å². The Morgan fingerprint density at radius 1 is 1.18 bits per heavy atom. The minimum Gasteiger partial charge on any atom is -0.496 e. The quantitative estimate of drug-likeness (QED) is 0.888. The van der Waals surface area contributed by atoms with Gasteiger partial charge in [0, 0.05) is 5.56 Å². The Balaban J connectivity index is 2.74. The molecule has 0 amide bonds. The molecule has 0 bridgehead atoms. The van der Waals surface area contributed by atoms with Gasteiger partial charge in [-0.3, -0.25) is 4.79 Å². The molecule has 1 N–H and O–H groups in total. The van der Waals surface area contributed by atoms with Crippen molar-refractivity contribution in [1.29, 1.82) is 0 Å². The molecule has 1 aliphatic rings. The van der Waals surface area contributed by atoms with Gasteiger partial charge in [-0.2, -0.15) is 0 Å². The van der Waals surface area contributed by atoms with Crippen LogP contribution in [-0.4, -0.2) is 18.2 Å². The smallest absolute Gasteiger partial charge is 0.314 e. The zero-order valence-electron chi connectivity index (χ0n) is 14.5. The predicted octanol–water partition coefficient (Wildman–Crippen LogP) is 4.59. The minimum atomic E-state index is -0.797. The van der Waals surface area contributed by atoms with E-state index in [4.69, 9.17) is 4.74 Å². The van der Waals surface area contributed by atoms with Gasteiger partial charge in [-0.1, -0.05) is 52.2 Å². The van der Waals surface area contributed by atoms with E-state index in [0.29, 0.717) is 12.8 Å². The van der Waals surface area contributed by atoms with Crippen molar-refractivity contribution >= 4 is 5.97 Å². The van der Waals surface area contributed by atoms with Crippen molar-refractivity contribution in [2.75, 3.05) is 7.11 Å². The molecule has 1 aromatic rings. The minimum absolute atomic E-state index is 0.0812. The van der Waals surface area contributed by atoms with Crippen LogP contribution >= 0.6 is 0 Å². The second-order valence-corrected chi connectivity index (χ2v) is 7.54. The summed E-state index contributed by atoms with van der Waals surface area (Å²) in [5.74, 6) is 0.0662. The Morgan fingerprint density at radius 3 is 2.23 bits per heavy atom. The molecule has 1 fully saturated rings. The van der Waals surface area contributed by atoms with Gasteiger partial charge in [-0.15, -0.1) is 0 Å². The van der Waals surface area contributed by atoms with Crippen LogP contribution in [0.15, 0.2) is 12.1 Å². The van der Waals surface area contributed by atoms with Crippen LogP contribution in [0.5, 0.6) is 5.75 Å². The first-order valence-electron chi connectivity index (χ1n) is 8.16. The number of hydrogen-bond donors (Lipinski definition) is 1. The summed E-state index contributed by atoms with van der Waals surface area (Å²) in [5, 5.41) is 10.0. The summed E-state index contributed by atoms with van der Waals surface area (Å²) in [4.78, 5) is 12.2. The molecular formula is C19H28O3. The first kappa shape index (κ1) is 16.9. The van der Waals surface area contributed by atoms with Crippen molar-refractivity contribution in [2.45, 2.75) is 70.6 Å². The summed E-state index contributed by atoms with van der Waals surface area (Å²) in [6.07, 6.45) is 4.46. The average Bonchev–Trinajstić information content (AvgIpc) is 2.45. The summed E-state index contributed by atoms with van der Waals surface area (Å²) in [7, 11) is 1.66. The highest BCUT2D eigenvalue weighted by molar-refractivity contribution is 5.83. The highest BCUT2D eigenvalue weighted by Crippen LogP contribution is 2.48. The maximum absolute atomic E-state index is 12.2. The lowest BCUT2D eigenvalue weighted by Crippen LogP contribution is -2.39. The molecule has 0 saturated heterocycles. The normalized spacial score (nSPS) is 18.0. The third-order valence-electron chi connectivity index (χ3n) is 4.97. The van der Waals surface area contributed by atoms with Gasteiger partial charge in [0.2, 0.25) is 0 Å². The molecule has 3 heteroatoms. The summed E-state index contributed by atoms with van der Waals surface area (Å²) < 4.78 is 5.75. The molecule has 0 aliphatic heterocycles. The Labute approximate surface area is 133 Å². The third kappa shape index (κ3) is 2.73. The fourth-order valence-electron chi connectivity index (χ4n) is 3.80. The van der Waals surface area contributed by atoms with Crippen molar-refractivity contribution in [1.82, 2.24) is 0 Å². The molecule has 122 valence electrons. The van der Waals surface area contributed by atoms with E-state index in [2.05, 4.69) is 32.9 Å². The number of methoxy groups -OCH3 is 1. The van der Waals surface area contributed by atoms with E-state index in [1.807, 2.05) is 6.92 Å². The highest BCUT2D eigenvalue weighted by Gasteiger charge is 2.45. The summed E-state index contributed by atoms with van der Waals surface area (Å²) >= 11 is 0. The second-order valence-electron chi connectivity index (χ2n) is 7.54. The van der Waals surface area contributed by atoms with Crippen molar-refractivity contribution in [2.24, 2.45) is 0 Å². The van der Waals surface area contributed by atoms with Crippen molar-refractivity contribution < 1.29 is 14.6 Å². The van der Waals surface area contributed by atoms with Crippen LogP contribution in [0, 0.1) is 6.92 Å². The highest BCUT2D eigenvalue weighted by atomic mass is 16.5. The van der Waals surface area contributed by atoms with E-state index in [9.17, 15) is 9.90 Å². The standard InChI is InChI=1S/C19H28O3/c1-13-9-10-14(18(2,3)4)16(22-5)15(13)19(17(20)21)11-7-6-8-12-19/h9-10H,6-8,11-12H2,1-5H3,(H,20,21). The van der Waals surface area contributed by atoms with Crippen LogP contribution in [0.2, 0.25) is 0 Å². The number of carboxylic acid groups (broad SMARTS) is 1. The number of carbonyl (C=O) groups is 1.